The van der Waals surface area contributed by atoms with Crippen LogP contribution < -0.4 is 0 Å². The highest BCUT2D eigenvalue weighted by molar-refractivity contribution is 7.90. The molecule has 1 aromatic heterocycles. The Kier molecular flexibility index (Phi) is 7.00. The molecule has 3 unspecified atom stereocenters. The number of sulfone groups is 1. The summed E-state index contributed by atoms with van der Waals surface area (Å²) in [5, 5.41) is 0. The molecular weight excluding hydrogens is 480 g/mol. The zero-order valence-electron chi connectivity index (χ0n) is 22.8. The summed E-state index contributed by atoms with van der Waals surface area (Å²) in [6, 6.07) is 9.37. The lowest BCUT2D eigenvalue weighted by atomic mass is 9.79. The average molecular weight is 525 g/mol. The fourth-order valence-electron chi connectivity index (χ4n) is 7.47. The lowest BCUT2D eigenvalue weighted by Crippen LogP contribution is -2.55. The molecule has 7 heteroatoms. The van der Waals surface area contributed by atoms with Gasteiger partial charge in [-0.15, -0.1) is 0 Å². The maximum Gasteiger partial charge on any atom is 0.175 e. The van der Waals surface area contributed by atoms with Crippen molar-refractivity contribution in [3.63, 3.8) is 0 Å². The fraction of sp³-hybridized carbons (Fsp3) is 0.700. The number of nitrogens with zero attached hydrogens (tertiary/aromatic N) is 4. The van der Waals surface area contributed by atoms with Gasteiger partial charge in [-0.05, 0) is 102 Å². The van der Waals surface area contributed by atoms with E-state index in [1.807, 2.05) is 12.1 Å². The number of benzene rings is 1. The van der Waals surface area contributed by atoms with Crippen LogP contribution in [0.1, 0.15) is 64.6 Å². The number of hydrogen-bond acceptors (Lipinski definition) is 5. The van der Waals surface area contributed by atoms with E-state index in [0.29, 0.717) is 4.90 Å². The van der Waals surface area contributed by atoms with E-state index in [9.17, 15) is 8.42 Å². The Balaban J connectivity index is 1.04. The molecule has 0 bridgehead atoms. The highest BCUT2D eigenvalue weighted by Crippen LogP contribution is 2.38. The van der Waals surface area contributed by atoms with E-state index in [2.05, 4.69) is 34.4 Å². The van der Waals surface area contributed by atoms with Crippen molar-refractivity contribution in [3.8, 4) is 11.3 Å². The zero-order chi connectivity index (χ0) is 25.7. The molecule has 0 spiro atoms. The molecule has 37 heavy (non-hydrogen) atoms. The number of imidazole rings is 1. The van der Waals surface area contributed by atoms with E-state index in [-0.39, 0.29) is 0 Å². The molecule has 3 fully saturated rings. The third kappa shape index (κ3) is 5.55. The standard InChI is InChI=1S/C30H44N4O2S/c1-21-16-27(17-22(2)34(21)18-23-4-5-23)32-14-12-24(13-15-32)26-8-11-30-31-29(20-33(30)19-26)25-6-9-28(10-7-25)37(3,35)36/h6-7,9-10,20-24,26-27H,4-5,8,11-19H2,1-3H3. The second kappa shape index (κ2) is 10.1. The Morgan fingerprint density at radius 1 is 0.919 bits per heavy atom. The minimum Gasteiger partial charge on any atom is -0.334 e. The number of likely N-dealkylation sites (tertiary alicyclic amines) is 2. The molecule has 3 atom stereocenters. The highest BCUT2D eigenvalue weighted by atomic mass is 32.2. The molecule has 4 heterocycles. The summed E-state index contributed by atoms with van der Waals surface area (Å²) in [5.41, 5.74) is 1.95. The van der Waals surface area contributed by atoms with Crippen LogP contribution in [0.25, 0.3) is 11.3 Å². The van der Waals surface area contributed by atoms with Crippen molar-refractivity contribution in [2.75, 3.05) is 25.9 Å². The van der Waals surface area contributed by atoms with Gasteiger partial charge in [-0.3, -0.25) is 4.90 Å². The first-order valence-electron chi connectivity index (χ1n) is 14.6. The summed E-state index contributed by atoms with van der Waals surface area (Å²) in [6.45, 7) is 9.88. The van der Waals surface area contributed by atoms with Gasteiger partial charge in [0.2, 0.25) is 0 Å². The van der Waals surface area contributed by atoms with Crippen LogP contribution >= 0.6 is 0 Å². The van der Waals surface area contributed by atoms with Crippen molar-refractivity contribution in [3.05, 3.63) is 36.3 Å². The number of piperidine rings is 2. The SMILES string of the molecule is CC1CC(N2CCC(C3CCc4nc(-c5ccc(S(C)(=O)=O)cc5)cn4C3)CC2)CC(C)N1CC1CC1. The lowest BCUT2D eigenvalue weighted by Gasteiger charge is -2.48. The van der Waals surface area contributed by atoms with E-state index in [1.54, 1.807) is 12.1 Å². The van der Waals surface area contributed by atoms with Gasteiger partial charge >= 0.3 is 0 Å². The molecule has 2 aromatic rings. The van der Waals surface area contributed by atoms with Crippen LogP contribution in [0.15, 0.2) is 35.4 Å². The minimum atomic E-state index is -3.18. The van der Waals surface area contributed by atoms with E-state index in [4.69, 9.17) is 4.98 Å². The largest absolute Gasteiger partial charge is 0.334 e. The van der Waals surface area contributed by atoms with Gasteiger partial charge in [-0.1, -0.05) is 12.1 Å². The molecule has 6 nitrogen and oxygen atoms in total. The van der Waals surface area contributed by atoms with Gasteiger partial charge in [-0.2, -0.15) is 0 Å². The normalized spacial score (nSPS) is 30.4. The van der Waals surface area contributed by atoms with Gasteiger partial charge in [0.1, 0.15) is 5.82 Å². The molecular formula is C30H44N4O2S. The first-order chi connectivity index (χ1) is 17.7. The number of aromatic nitrogens is 2. The van der Waals surface area contributed by atoms with Crippen LogP contribution in [-0.2, 0) is 22.8 Å². The molecule has 4 aliphatic rings. The molecule has 1 aromatic carbocycles. The second-order valence-corrected chi connectivity index (χ2v) is 14.6. The second-order valence-electron chi connectivity index (χ2n) is 12.6. The van der Waals surface area contributed by atoms with Crippen molar-refractivity contribution in [2.24, 2.45) is 17.8 Å². The number of hydrogen-bond donors (Lipinski definition) is 0. The molecule has 1 aliphatic carbocycles. The van der Waals surface area contributed by atoms with E-state index < -0.39 is 9.84 Å². The van der Waals surface area contributed by atoms with Crippen LogP contribution in [0.3, 0.4) is 0 Å². The molecule has 6 rings (SSSR count). The topological polar surface area (TPSA) is 58.4 Å². The van der Waals surface area contributed by atoms with Crippen molar-refractivity contribution >= 4 is 9.84 Å². The van der Waals surface area contributed by atoms with Gasteiger partial charge in [0.05, 0.1) is 10.6 Å². The van der Waals surface area contributed by atoms with Crippen LogP contribution in [0.2, 0.25) is 0 Å². The van der Waals surface area contributed by atoms with Gasteiger partial charge in [0, 0.05) is 55.7 Å². The van der Waals surface area contributed by atoms with Gasteiger partial charge in [0.15, 0.2) is 9.84 Å². The summed E-state index contributed by atoms with van der Waals surface area (Å²) in [6.07, 6.45) is 14.0. The summed E-state index contributed by atoms with van der Waals surface area (Å²) >= 11 is 0. The Hall–Kier alpha value is -1.70. The molecule has 0 amide bonds. The summed E-state index contributed by atoms with van der Waals surface area (Å²) in [7, 11) is -3.18. The Morgan fingerprint density at radius 2 is 1.59 bits per heavy atom. The molecule has 202 valence electrons. The number of fused-ring (bicyclic) bond motifs is 1. The maximum absolute atomic E-state index is 11.8. The van der Waals surface area contributed by atoms with E-state index in [0.717, 1.165) is 60.1 Å². The van der Waals surface area contributed by atoms with Gasteiger partial charge in [0.25, 0.3) is 0 Å². The maximum atomic E-state index is 11.8. The van der Waals surface area contributed by atoms with Crippen LogP contribution in [0.5, 0.6) is 0 Å². The monoisotopic (exact) mass is 524 g/mol. The number of rotatable bonds is 6. The van der Waals surface area contributed by atoms with Crippen LogP contribution in [0, 0.1) is 17.8 Å². The highest BCUT2D eigenvalue weighted by Gasteiger charge is 2.38. The molecule has 0 radical (unpaired) electrons. The molecule has 0 N–H and O–H groups in total. The van der Waals surface area contributed by atoms with Crippen molar-refractivity contribution in [1.82, 2.24) is 19.4 Å². The smallest absolute Gasteiger partial charge is 0.175 e. The van der Waals surface area contributed by atoms with Gasteiger partial charge in [-0.25, -0.2) is 13.4 Å². The molecule has 1 saturated carbocycles. The van der Waals surface area contributed by atoms with Gasteiger partial charge < -0.3 is 9.47 Å². The van der Waals surface area contributed by atoms with Crippen LogP contribution in [0.4, 0.5) is 0 Å². The van der Waals surface area contributed by atoms with Crippen LogP contribution in [-0.4, -0.2) is 71.8 Å². The summed E-state index contributed by atoms with van der Waals surface area (Å²) in [5.74, 6) is 3.72. The minimum absolute atomic E-state index is 0.361. The van der Waals surface area contributed by atoms with E-state index >= 15 is 0 Å². The third-order valence-electron chi connectivity index (χ3n) is 9.89. The predicted octanol–water partition coefficient (Wildman–Crippen LogP) is 4.88. The zero-order valence-corrected chi connectivity index (χ0v) is 23.7. The Labute approximate surface area is 223 Å². The van der Waals surface area contributed by atoms with Crippen molar-refractivity contribution in [1.29, 1.82) is 0 Å². The summed E-state index contributed by atoms with van der Waals surface area (Å²) in [4.78, 5) is 10.9. The molecule has 3 aliphatic heterocycles. The van der Waals surface area contributed by atoms with Crippen molar-refractivity contribution < 1.29 is 8.42 Å². The first-order valence-corrected chi connectivity index (χ1v) is 16.5. The predicted molar refractivity (Wildman–Crippen MR) is 148 cm³/mol. The first kappa shape index (κ1) is 25.6. The Bertz CT molecular complexity index is 1180. The Morgan fingerprint density at radius 3 is 2.22 bits per heavy atom. The fourth-order valence-corrected chi connectivity index (χ4v) is 8.10. The van der Waals surface area contributed by atoms with E-state index in [1.165, 1.54) is 76.7 Å². The quantitative estimate of drug-likeness (QED) is 0.539. The lowest BCUT2D eigenvalue weighted by molar-refractivity contribution is 0.0119. The molecule has 2 saturated heterocycles. The van der Waals surface area contributed by atoms with Crippen molar-refractivity contribution in [2.45, 2.75) is 94.8 Å². The summed E-state index contributed by atoms with van der Waals surface area (Å²) < 4.78 is 26.0. The number of aryl methyl sites for hydroxylation is 1. The third-order valence-corrected chi connectivity index (χ3v) is 11.0. The average Bonchev–Trinajstić information content (AvgIpc) is 3.61.